The minimum absolute atomic E-state index is 0.285. The van der Waals surface area contributed by atoms with Crippen LogP contribution in [0.25, 0.3) is 33.5 Å². The zero-order valence-corrected chi connectivity index (χ0v) is 16.1. The SMILES string of the molecule is CCn1c(-c2nc3cc(Br)cc(OC(F)(F)F)c3n2C)cc2ccccc21. The molecule has 2 aromatic heterocycles. The van der Waals surface area contributed by atoms with Crippen LogP contribution in [0.3, 0.4) is 0 Å². The fourth-order valence-electron chi connectivity index (χ4n) is 3.45. The van der Waals surface area contributed by atoms with Gasteiger partial charge in [0.15, 0.2) is 11.6 Å². The first-order valence-electron chi connectivity index (χ1n) is 8.29. The lowest BCUT2D eigenvalue weighted by Gasteiger charge is -2.12. The molecule has 0 bridgehead atoms. The summed E-state index contributed by atoms with van der Waals surface area (Å²) >= 11 is 3.24. The van der Waals surface area contributed by atoms with Gasteiger partial charge in [-0.05, 0) is 31.2 Å². The molecule has 4 nitrogen and oxygen atoms in total. The van der Waals surface area contributed by atoms with Crippen molar-refractivity contribution in [3.05, 3.63) is 46.9 Å². The van der Waals surface area contributed by atoms with E-state index in [0.29, 0.717) is 27.9 Å². The first-order chi connectivity index (χ1) is 12.8. The van der Waals surface area contributed by atoms with Gasteiger partial charge in [0.1, 0.15) is 5.52 Å². The smallest absolute Gasteiger partial charge is 0.403 e. The van der Waals surface area contributed by atoms with Crippen LogP contribution in [0.15, 0.2) is 46.9 Å². The number of rotatable bonds is 3. The lowest BCUT2D eigenvalue weighted by atomic mass is 10.2. The lowest BCUT2D eigenvalue weighted by Crippen LogP contribution is -2.17. The maximum absolute atomic E-state index is 12.8. The van der Waals surface area contributed by atoms with E-state index >= 15 is 0 Å². The summed E-state index contributed by atoms with van der Waals surface area (Å²) in [5.41, 5.74) is 2.61. The fraction of sp³-hybridized carbons (Fsp3) is 0.211. The summed E-state index contributed by atoms with van der Waals surface area (Å²) in [6.45, 7) is 2.73. The van der Waals surface area contributed by atoms with Crippen molar-refractivity contribution >= 4 is 37.9 Å². The predicted octanol–water partition coefficient (Wildman–Crippen LogP) is 5.88. The number of aromatic nitrogens is 3. The highest BCUT2D eigenvalue weighted by Gasteiger charge is 2.33. The average molecular weight is 438 g/mol. The molecule has 0 saturated heterocycles. The molecule has 0 aliphatic rings. The molecule has 2 aromatic carbocycles. The summed E-state index contributed by atoms with van der Waals surface area (Å²) in [4.78, 5) is 4.60. The van der Waals surface area contributed by atoms with Crippen molar-refractivity contribution in [1.29, 1.82) is 0 Å². The van der Waals surface area contributed by atoms with Gasteiger partial charge in [-0.15, -0.1) is 13.2 Å². The molecule has 0 N–H and O–H groups in total. The molecule has 27 heavy (non-hydrogen) atoms. The number of ether oxygens (including phenoxy) is 1. The molecule has 140 valence electrons. The highest BCUT2D eigenvalue weighted by atomic mass is 79.9. The Morgan fingerprint density at radius 1 is 1.15 bits per heavy atom. The van der Waals surface area contributed by atoms with Crippen molar-refractivity contribution in [3.8, 4) is 17.3 Å². The largest absolute Gasteiger partial charge is 0.573 e. The summed E-state index contributed by atoms with van der Waals surface area (Å²) < 4.78 is 47.0. The van der Waals surface area contributed by atoms with E-state index in [-0.39, 0.29) is 5.75 Å². The standard InChI is InChI=1S/C19H15BrF3N3O/c1-3-26-14-7-5-4-6-11(14)8-15(26)18-24-13-9-12(20)10-16(17(13)25(18)2)27-19(21,22)23/h4-10H,3H2,1-2H3. The molecular formula is C19H15BrF3N3O. The molecule has 0 atom stereocenters. The van der Waals surface area contributed by atoms with Crippen LogP contribution >= 0.6 is 15.9 Å². The van der Waals surface area contributed by atoms with Crippen LogP contribution in [-0.4, -0.2) is 20.5 Å². The van der Waals surface area contributed by atoms with Gasteiger partial charge in [0, 0.05) is 29.0 Å². The van der Waals surface area contributed by atoms with E-state index in [4.69, 9.17) is 0 Å². The molecule has 0 amide bonds. The van der Waals surface area contributed by atoms with E-state index in [9.17, 15) is 13.2 Å². The van der Waals surface area contributed by atoms with Crippen LogP contribution in [-0.2, 0) is 13.6 Å². The average Bonchev–Trinajstić information content (AvgIpc) is 3.10. The van der Waals surface area contributed by atoms with Gasteiger partial charge in [0.05, 0.1) is 11.2 Å². The molecule has 4 aromatic rings. The Hall–Kier alpha value is -2.48. The van der Waals surface area contributed by atoms with Crippen molar-refractivity contribution in [2.75, 3.05) is 0 Å². The summed E-state index contributed by atoms with van der Waals surface area (Å²) in [5, 5.41) is 1.05. The Balaban J connectivity index is 1.99. The quantitative estimate of drug-likeness (QED) is 0.401. The van der Waals surface area contributed by atoms with Crippen LogP contribution in [0, 0.1) is 0 Å². The zero-order valence-electron chi connectivity index (χ0n) is 14.5. The number of halogens is 4. The Morgan fingerprint density at radius 3 is 2.59 bits per heavy atom. The Kier molecular flexibility index (Phi) is 4.18. The van der Waals surface area contributed by atoms with Crippen molar-refractivity contribution in [1.82, 2.24) is 14.1 Å². The molecule has 0 unspecified atom stereocenters. The van der Waals surface area contributed by atoms with E-state index in [1.807, 2.05) is 37.3 Å². The second-order valence-electron chi connectivity index (χ2n) is 6.15. The summed E-state index contributed by atoms with van der Waals surface area (Å²) in [7, 11) is 1.69. The van der Waals surface area contributed by atoms with Gasteiger partial charge in [-0.25, -0.2) is 4.98 Å². The highest BCUT2D eigenvalue weighted by molar-refractivity contribution is 9.10. The number of aryl methyl sites for hydroxylation is 2. The number of fused-ring (bicyclic) bond motifs is 2. The van der Waals surface area contributed by atoms with Gasteiger partial charge in [0.25, 0.3) is 0 Å². The highest BCUT2D eigenvalue weighted by Crippen LogP contribution is 2.37. The predicted molar refractivity (Wildman–Crippen MR) is 102 cm³/mol. The summed E-state index contributed by atoms with van der Waals surface area (Å²) in [6, 6.07) is 12.9. The van der Waals surface area contributed by atoms with Crippen molar-refractivity contribution in [2.45, 2.75) is 19.8 Å². The summed E-state index contributed by atoms with van der Waals surface area (Å²) in [6.07, 6.45) is -4.78. The van der Waals surface area contributed by atoms with E-state index in [1.54, 1.807) is 17.7 Å². The maximum Gasteiger partial charge on any atom is 0.573 e. The number of nitrogens with zero attached hydrogens (tertiary/aromatic N) is 3. The van der Waals surface area contributed by atoms with Crippen LogP contribution in [0.4, 0.5) is 13.2 Å². The number of hydrogen-bond acceptors (Lipinski definition) is 2. The third-order valence-corrected chi connectivity index (χ3v) is 4.94. The van der Waals surface area contributed by atoms with Crippen LogP contribution in [0.5, 0.6) is 5.75 Å². The van der Waals surface area contributed by atoms with Gasteiger partial charge >= 0.3 is 6.36 Å². The first-order valence-corrected chi connectivity index (χ1v) is 9.08. The van der Waals surface area contributed by atoms with Gasteiger partial charge < -0.3 is 13.9 Å². The molecule has 0 radical (unpaired) electrons. The molecule has 0 fully saturated rings. The van der Waals surface area contributed by atoms with Gasteiger partial charge in [0.2, 0.25) is 0 Å². The number of imidazole rings is 1. The van der Waals surface area contributed by atoms with Crippen LogP contribution < -0.4 is 4.74 Å². The minimum atomic E-state index is -4.78. The van der Waals surface area contributed by atoms with E-state index < -0.39 is 6.36 Å². The number of hydrogen-bond donors (Lipinski definition) is 0. The number of alkyl halides is 3. The van der Waals surface area contributed by atoms with E-state index in [0.717, 1.165) is 16.6 Å². The van der Waals surface area contributed by atoms with Gasteiger partial charge in [-0.1, -0.05) is 34.1 Å². The Morgan fingerprint density at radius 2 is 1.89 bits per heavy atom. The van der Waals surface area contributed by atoms with Crippen molar-refractivity contribution < 1.29 is 17.9 Å². The maximum atomic E-state index is 12.8. The fourth-order valence-corrected chi connectivity index (χ4v) is 3.87. The first kappa shape index (κ1) is 17.9. The van der Waals surface area contributed by atoms with Gasteiger partial charge in [-0.3, -0.25) is 0 Å². The lowest BCUT2D eigenvalue weighted by molar-refractivity contribution is -0.274. The third-order valence-electron chi connectivity index (χ3n) is 4.48. The molecule has 0 aliphatic heterocycles. The molecule has 8 heteroatoms. The molecule has 2 heterocycles. The second-order valence-corrected chi connectivity index (χ2v) is 7.06. The van der Waals surface area contributed by atoms with Crippen LogP contribution in [0.2, 0.25) is 0 Å². The molecular weight excluding hydrogens is 423 g/mol. The van der Waals surface area contributed by atoms with Crippen molar-refractivity contribution in [3.63, 3.8) is 0 Å². The monoisotopic (exact) mass is 437 g/mol. The molecule has 0 aliphatic carbocycles. The minimum Gasteiger partial charge on any atom is -0.403 e. The van der Waals surface area contributed by atoms with Crippen LogP contribution in [0.1, 0.15) is 6.92 Å². The second kappa shape index (κ2) is 6.30. The molecule has 4 rings (SSSR count). The summed E-state index contributed by atoms with van der Waals surface area (Å²) in [5.74, 6) is 0.292. The van der Waals surface area contributed by atoms with Gasteiger partial charge in [-0.2, -0.15) is 0 Å². The Labute approximate surface area is 161 Å². The molecule has 0 spiro atoms. The van der Waals surface area contributed by atoms with E-state index in [1.165, 1.54) is 6.07 Å². The van der Waals surface area contributed by atoms with E-state index in [2.05, 4.69) is 30.2 Å². The molecule has 0 saturated carbocycles. The topological polar surface area (TPSA) is 32.0 Å². The zero-order chi connectivity index (χ0) is 19.3. The Bertz CT molecular complexity index is 1160. The third kappa shape index (κ3) is 3.07. The number of benzene rings is 2. The normalized spacial score (nSPS) is 12.2. The van der Waals surface area contributed by atoms with Crippen molar-refractivity contribution in [2.24, 2.45) is 7.05 Å². The number of para-hydroxylation sites is 1.